The quantitative estimate of drug-likeness (QED) is 0.160. The van der Waals surface area contributed by atoms with Crippen LogP contribution >= 0.6 is 34.5 Å². The number of carbonyl (C=O) groups excluding carboxylic acids is 1. The molecule has 10 nitrogen and oxygen atoms in total. The molecule has 1 unspecified atom stereocenters. The molecule has 45 heavy (non-hydrogen) atoms. The van der Waals surface area contributed by atoms with E-state index in [4.69, 9.17) is 32.4 Å². The Bertz CT molecular complexity index is 2200. The predicted octanol–water partition coefficient (Wildman–Crippen LogP) is 6.36. The molecule has 226 valence electrons. The van der Waals surface area contributed by atoms with Gasteiger partial charge in [0.2, 0.25) is 0 Å². The molecular formula is C32H22Cl2N4O6S. The number of methoxy groups -OCH3 is 1. The van der Waals surface area contributed by atoms with Crippen molar-refractivity contribution in [3.63, 3.8) is 0 Å². The molecule has 1 amide bonds. The van der Waals surface area contributed by atoms with E-state index in [-0.39, 0.29) is 27.2 Å². The summed E-state index contributed by atoms with van der Waals surface area (Å²) in [6, 6.07) is 21.2. The molecule has 6 rings (SSSR count). The van der Waals surface area contributed by atoms with Crippen LogP contribution in [0.5, 0.6) is 5.75 Å². The first-order chi connectivity index (χ1) is 21.6. The van der Waals surface area contributed by atoms with Crippen LogP contribution in [0.4, 0.5) is 11.4 Å². The van der Waals surface area contributed by atoms with E-state index in [0.717, 1.165) is 17.4 Å². The summed E-state index contributed by atoms with van der Waals surface area (Å²) in [4.78, 5) is 43.4. The van der Waals surface area contributed by atoms with Gasteiger partial charge in [0.1, 0.15) is 22.3 Å². The van der Waals surface area contributed by atoms with E-state index in [2.05, 4.69) is 10.3 Å². The number of ether oxygens (including phenoxy) is 1. The van der Waals surface area contributed by atoms with Gasteiger partial charge in [-0.25, -0.2) is 4.99 Å². The Kier molecular flexibility index (Phi) is 8.15. The third-order valence-corrected chi connectivity index (χ3v) is 8.70. The zero-order chi connectivity index (χ0) is 31.8. The summed E-state index contributed by atoms with van der Waals surface area (Å²) in [6.07, 6.45) is 1.57. The van der Waals surface area contributed by atoms with Crippen molar-refractivity contribution < 1.29 is 18.9 Å². The maximum absolute atomic E-state index is 14.0. The maximum atomic E-state index is 14.0. The fourth-order valence-corrected chi connectivity index (χ4v) is 6.54. The Morgan fingerprint density at radius 3 is 2.60 bits per heavy atom. The second kappa shape index (κ2) is 12.2. The molecule has 3 aromatic carbocycles. The summed E-state index contributed by atoms with van der Waals surface area (Å²) in [6.45, 7) is 1.74. The molecule has 2 aromatic heterocycles. The number of anilines is 1. The SMILES string of the molecule is COc1cccc(C2C(C(=O)Nc3ccccc3)=C(C)N=c3s/c(=C/c4ccc(-c5cc(Cl)c([N+](=O)[O-])cc5Cl)o4)c(=O)n32)c1. The number of nitrogens with one attached hydrogen (secondary N) is 1. The highest BCUT2D eigenvalue weighted by molar-refractivity contribution is 7.07. The highest BCUT2D eigenvalue weighted by atomic mass is 35.5. The highest BCUT2D eigenvalue weighted by Crippen LogP contribution is 2.37. The van der Waals surface area contributed by atoms with Crippen molar-refractivity contribution in [2.24, 2.45) is 4.99 Å². The van der Waals surface area contributed by atoms with E-state index < -0.39 is 11.0 Å². The number of amides is 1. The van der Waals surface area contributed by atoms with Gasteiger partial charge < -0.3 is 14.5 Å². The van der Waals surface area contributed by atoms with Crippen molar-refractivity contribution in [2.75, 3.05) is 12.4 Å². The second-order valence-corrected chi connectivity index (χ2v) is 11.7. The van der Waals surface area contributed by atoms with Gasteiger partial charge in [0.15, 0.2) is 4.80 Å². The van der Waals surface area contributed by atoms with Gasteiger partial charge in [-0.3, -0.25) is 24.3 Å². The monoisotopic (exact) mass is 660 g/mol. The maximum Gasteiger partial charge on any atom is 0.289 e. The highest BCUT2D eigenvalue weighted by Gasteiger charge is 2.33. The summed E-state index contributed by atoms with van der Waals surface area (Å²) in [5.41, 5.74) is 1.71. The fourth-order valence-electron chi connectivity index (χ4n) is 5.03. The van der Waals surface area contributed by atoms with E-state index >= 15 is 0 Å². The van der Waals surface area contributed by atoms with Crippen molar-refractivity contribution >= 4 is 57.9 Å². The largest absolute Gasteiger partial charge is 0.497 e. The van der Waals surface area contributed by atoms with Crippen LogP contribution in [0.2, 0.25) is 10.0 Å². The van der Waals surface area contributed by atoms with E-state index in [0.29, 0.717) is 54.7 Å². The van der Waals surface area contributed by atoms with Gasteiger partial charge in [0.05, 0.1) is 38.9 Å². The zero-order valence-electron chi connectivity index (χ0n) is 23.6. The van der Waals surface area contributed by atoms with Crippen LogP contribution in [0.3, 0.4) is 0 Å². The number of para-hydroxylation sites is 1. The van der Waals surface area contributed by atoms with Crippen LogP contribution in [0.1, 0.15) is 24.3 Å². The lowest BCUT2D eigenvalue weighted by atomic mass is 9.95. The molecule has 0 saturated heterocycles. The standard InChI is InChI=1S/C32H22Cl2N4O6S/c1-17-28(30(39)36-19-8-4-3-5-9-19)29(18-7-6-10-20(13-18)43-2)37-31(40)27(45-32(37)35-17)14-21-11-12-26(44-21)22-15-24(34)25(38(41)42)16-23(22)33/h3-16,29H,1-2H3,(H,36,39)/b27-14+. The average Bonchev–Trinajstić information content (AvgIpc) is 3.61. The first-order valence-corrected chi connectivity index (χ1v) is 15.0. The number of benzene rings is 3. The van der Waals surface area contributed by atoms with Crippen molar-refractivity contribution in [3.05, 3.63) is 141 Å². The van der Waals surface area contributed by atoms with E-state index in [1.54, 1.807) is 62.6 Å². The van der Waals surface area contributed by atoms with Crippen LogP contribution in [-0.2, 0) is 4.79 Å². The third-order valence-electron chi connectivity index (χ3n) is 7.11. The van der Waals surface area contributed by atoms with Gasteiger partial charge >= 0.3 is 0 Å². The molecule has 0 bridgehead atoms. The molecule has 1 aliphatic rings. The van der Waals surface area contributed by atoms with Gasteiger partial charge in [-0.2, -0.15) is 0 Å². The molecule has 3 heterocycles. The van der Waals surface area contributed by atoms with Gasteiger partial charge in [-0.15, -0.1) is 0 Å². The normalized spacial score (nSPS) is 14.6. The second-order valence-electron chi connectivity index (χ2n) is 9.92. The minimum atomic E-state index is -0.796. The van der Waals surface area contributed by atoms with E-state index in [1.807, 2.05) is 24.3 Å². The van der Waals surface area contributed by atoms with Crippen LogP contribution in [0, 0.1) is 10.1 Å². The predicted molar refractivity (Wildman–Crippen MR) is 173 cm³/mol. The van der Waals surface area contributed by atoms with Crippen LogP contribution < -0.4 is 24.9 Å². The molecule has 1 atom stereocenters. The number of carbonyl (C=O) groups is 1. The van der Waals surface area contributed by atoms with E-state index in [1.165, 1.54) is 10.6 Å². The smallest absolute Gasteiger partial charge is 0.289 e. The Morgan fingerprint density at radius 1 is 1.09 bits per heavy atom. The lowest BCUT2D eigenvalue weighted by Gasteiger charge is -2.25. The van der Waals surface area contributed by atoms with Crippen molar-refractivity contribution in [1.29, 1.82) is 0 Å². The molecule has 0 aliphatic carbocycles. The number of hydrogen-bond donors (Lipinski definition) is 1. The summed E-state index contributed by atoms with van der Waals surface area (Å²) >= 11 is 13.5. The lowest BCUT2D eigenvalue weighted by Crippen LogP contribution is -2.40. The van der Waals surface area contributed by atoms with Gasteiger partial charge in [0.25, 0.3) is 17.2 Å². The molecule has 1 N–H and O–H groups in total. The summed E-state index contributed by atoms with van der Waals surface area (Å²) < 4.78 is 13.2. The molecule has 0 radical (unpaired) electrons. The van der Waals surface area contributed by atoms with Crippen molar-refractivity contribution in [3.8, 4) is 17.1 Å². The number of fused-ring (bicyclic) bond motifs is 1. The van der Waals surface area contributed by atoms with Gasteiger partial charge in [0, 0.05) is 23.4 Å². The molecular weight excluding hydrogens is 639 g/mol. The number of thiazole rings is 1. The number of aromatic nitrogens is 1. The molecule has 0 saturated carbocycles. The summed E-state index contributed by atoms with van der Waals surface area (Å²) in [7, 11) is 1.55. The number of nitro benzene ring substituents is 1. The summed E-state index contributed by atoms with van der Waals surface area (Å²) in [5, 5.41) is 14.1. The number of furan rings is 1. The molecule has 13 heteroatoms. The summed E-state index contributed by atoms with van der Waals surface area (Å²) in [5.74, 6) is 0.816. The number of rotatable bonds is 7. The number of hydrogen-bond acceptors (Lipinski definition) is 8. The Hall–Kier alpha value is -4.97. The van der Waals surface area contributed by atoms with Gasteiger partial charge in [-0.1, -0.05) is 64.9 Å². The van der Waals surface area contributed by atoms with Crippen LogP contribution in [-0.4, -0.2) is 22.5 Å². The van der Waals surface area contributed by atoms with Crippen LogP contribution in [0.25, 0.3) is 17.4 Å². The lowest BCUT2D eigenvalue weighted by molar-refractivity contribution is -0.384. The number of allylic oxidation sites excluding steroid dienone is 1. The first-order valence-electron chi connectivity index (χ1n) is 13.4. The Balaban J connectivity index is 1.44. The number of halogens is 2. The Labute approximate surface area is 269 Å². The van der Waals surface area contributed by atoms with Crippen LogP contribution in [0.15, 0.2) is 104 Å². The topological polar surface area (TPSA) is 129 Å². The fraction of sp³-hybridized carbons (Fsp3) is 0.0938. The molecule has 0 spiro atoms. The van der Waals surface area contributed by atoms with Crippen molar-refractivity contribution in [1.82, 2.24) is 4.57 Å². The molecule has 0 fully saturated rings. The molecule has 5 aromatic rings. The first kappa shape index (κ1) is 30.1. The number of nitro groups is 1. The molecule has 1 aliphatic heterocycles. The Morgan fingerprint density at radius 2 is 1.87 bits per heavy atom. The van der Waals surface area contributed by atoms with Crippen molar-refractivity contribution in [2.45, 2.75) is 13.0 Å². The van der Waals surface area contributed by atoms with Gasteiger partial charge in [-0.05, 0) is 55.0 Å². The number of nitrogens with zero attached hydrogens (tertiary/aromatic N) is 3. The third kappa shape index (κ3) is 5.80. The average molecular weight is 662 g/mol. The van der Waals surface area contributed by atoms with E-state index in [9.17, 15) is 19.7 Å². The minimum Gasteiger partial charge on any atom is -0.497 e. The zero-order valence-corrected chi connectivity index (χ0v) is 25.9. The minimum absolute atomic E-state index is 0.0847.